The number of nitrogens with zero attached hydrogens (tertiary/aromatic N) is 1. The van der Waals surface area contributed by atoms with Crippen LogP contribution in [0.1, 0.15) is 15.9 Å². The normalized spacial score (nSPS) is 10.9. The van der Waals surface area contributed by atoms with Gasteiger partial charge in [-0.2, -0.15) is 5.10 Å². The largest absolute Gasteiger partial charge is 0.497 e. The first-order valence-corrected chi connectivity index (χ1v) is 10.8. The minimum Gasteiger partial charge on any atom is -0.497 e. The molecule has 0 fully saturated rings. The average molecular weight is 467 g/mol. The molecule has 4 aromatic carbocycles. The third-order valence-corrected chi connectivity index (χ3v) is 5.61. The lowest BCUT2D eigenvalue weighted by Gasteiger charge is -2.15. The summed E-state index contributed by atoms with van der Waals surface area (Å²) in [5.74, 6) is 0.777. The van der Waals surface area contributed by atoms with Crippen LogP contribution in [0.4, 0.5) is 22.9 Å². The standard InChI is InChI=1S/C26H21N5O4/c1-35-18-9-5-6-15(12-18)14-27-21-22(24(33)23(21)32)28-17-10-11-20-19(13-17)25(31-30-20)29-26(34)16-7-3-2-4-8-16/h2-13,27-28H,14H2,1H3,(H2,29,30,31,34). The number of aromatic amines is 1. The molecule has 1 aromatic heterocycles. The predicted molar refractivity (Wildman–Crippen MR) is 135 cm³/mol. The van der Waals surface area contributed by atoms with E-state index in [1.54, 1.807) is 49.6 Å². The molecule has 9 heteroatoms. The first-order valence-electron chi connectivity index (χ1n) is 10.8. The van der Waals surface area contributed by atoms with Crippen molar-refractivity contribution in [3.05, 3.63) is 104 Å². The van der Waals surface area contributed by atoms with Gasteiger partial charge in [0.1, 0.15) is 17.1 Å². The number of methoxy groups -OCH3 is 1. The van der Waals surface area contributed by atoms with Crippen LogP contribution in [0.5, 0.6) is 5.75 Å². The van der Waals surface area contributed by atoms with Crippen LogP contribution in [0.15, 0.2) is 82.4 Å². The Labute approximate surface area is 199 Å². The lowest BCUT2D eigenvalue weighted by Crippen LogP contribution is -2.36. The summed E-state index contributed by atoms with van der Waals surface area (Å²) >= 11 is 0. The molecule has 174 valence electrons. The second kappa shape index (κ2) is 9.14. The van der Waals surface area contributed by atoms with E-state index in [9.17, 15) is 14.4 Å². The fourth-order valence-corrected chi connectivity index (χ4v) is 3.75. The van der Waals surface area contributed by atoms with Crippen molar-refractivity contribution in [1.82, 2.24) is 10.2 Å². The van der Waals surface area contributed by atoms with Gasteiger partial charge >= 0.3 is 0 Å². The summed E-state index contributed by atoms with van der Waals surface area (Å²) in [6.07, 6.45) is 0. The summed E-state index contributed by atoms with van der Waals surface area (Å²) in [5.41, 5.74) is 1.94. The van der Waals surface area contributed by atoms with Gasteiger partial charge in [-0.05, 0) is 48.0 Å². The molecule has 0 aliphatic rings. The number of carbonyl (C=O) groups excluding carboxylic acids is 1. The highest BCUT2D eigenvalue weighted by atomic mass is 16.5. The Hall–Kier alpha value is -4.92. The minimum atomic E-state index is -0.594. The Balaban J connectivity index is 1.35. The van der Waals surface area contributed by atoms with E-state index in [0.717, 1.165) is 5.56 Å². The monoisotopic (exact) mass is 467 g/mol. The summed E-state index contributed by atoms with van der Waals surface area (Å²) < 4.78 is 5.22. The van der Waals surface area contributed by atoms with E-state index in [1.807, 2.05) is 30.3 Å². The quantitative estimate of drug-likeness (QED) is 0.256. The molecule has 9 nitrogen and oxygen atoms in total. The van der Waals surface area contributed by atoms with Crippen molar-refractivity contribution in [3.8, 4) is 5.75 Å². The maximum atomic E-state index is 12.5. The number of anilines is 4. The Kier molecular flexibility index (Phi) is 5.72. The van der Waals surface area contributed by atoms with Crippen molar-refractivity contribution >= 4 is 39.7 Å². The van der Waals surface area contributed by atoms with Gasteiger partial charge in [-0.1, -0.05) is 30.3 Å². The first kappa shape index (κ1) is 21.9. The van der Waals surface area contributed by atoms with Gasteiger partial charge in [0.15, 0.2) is 5.82 Å². The Bertz CT molecular complexity index is 1600. The van der Waals surface area contributed by atoms with Crippen molar-refractivity contribution < 1.29 is 9.53 Å². The number of hydrogen-bond donors (Lipinski definition) is 4. The smallest absolute Gasteiger partial charge is 0.256 e. The fourth-order valence-electron chi connectivity index (χ4n) is 3.75. The number of H-pyrrole nitrogens is 1. The highest BCUT2D eigenvalue weighted by Crippen LogP contribution is 2.28. The molecule has 1 heterocycles. The zero-order valence-corrected chi connectivity index (χ0v) is 18.7. The number of nitrogens with one attached hydrogen (secondary N) is 4. The van der Waals surface area contributed by atoms with Gasteiger partial charge < -0.3 is 20.7 Å². The van der Waals surface area contributed by atoms with Crippen LogP contribution in [-0.2, 0) is 6.54 Å². The molecular weight excluding hydrogens is 446 g/mol. The summed E-state index contributed by atoms with van der Waals surface area (Å²) in [4.78, 5) is 37.0. The first-order chi connectivity index (χ1) is 17.0. The molecule has 5 aromatic rings. The van der Waals surface area contributed by atoms with Crippen LogP contribution >= 0.6 is 0 Å². The Morgan fingerprint density at radius 3 is 2.54 bits per heavy atom. The zero-order chi connectivity index (χ0) is 24.4. The van der Waals surface area contributed by atoms with E-state index in [4.69, 9.17) is 4.74 Å². The van der Waals surface area contributed by atoms with Crippen molar-refractivity contribution in [3.63, 3.8) is 0 Å². The van der Waals surface area contributed by atoms with Crippen LogP contribution in [0.2, 0.25) is 0 Å². The lowest BCUT2D eigenvalue weighted by molar-refractivity contribution is 0.102. The van der Waals surface area contributed by atoms with E-state index in [0.29, 0.717) is 40.3 Å². The van der Waals surface area contributed by atoms with Crippen molar-refractivity contribution in [2.75, 3.05) is 23.1 Å². The second-order valence-electron chi connectivity index (χ2n) is 7.89. The topological polar surface area (TPSA) is 125 Å². The van der Waals surface area contributed by atoms with Gasteiger partial charge in [0.25, 0.3) is 16.8 Å². The molecule has 0 atom stereocenters. The molecule has 5 rings (SSSR count). The average Bonchev–Trinajstić information content (AvgIpc) is 3.30. The predicted octanol–water partition coefficient (Wildman–Crippen LogP) is 3.78. The van der Waals surface area contributed by atoms with Crippen LogP contribution in [0.3, 0.4) is 0 Å². The molecule has 0 bridgehead atoms. The van der Waals surface area contributed by atoms with Gasteiger partial charge in [0.05, 0.1) is 12.6 Å². The van der Waals surface area contributed by atoms with Crippen LogP contribution in [0, 0.1) is 0 Å². The van der Waals surface area contributed by atoms with E-state index in [2.05, 4.69) is 26.1 Å². The summed E-state index contributed by atoms with van der Waals surface area (Å²) in [7, 11) is 1.58. The van der Waals surface area contributed by atoms with E-state index < -0.39 is 10.9 Å². The summed E-state index contributed by atoms with van der Waals surface area (Å²) in [6.45, 7) is 0.354. The van der Waals surface area contributed by atoms with E-state index in [-0.39, 0.29) is 17.3 Å². The lowest BCUT2D eigenvalue weighted by atomic mass is 10.1. The van der Waals surface area contributed by atoms with E-state index in [1.165, 1.54) is 0 Å². The Morgan fingerprint density at radius 1 is 0.943 bits per heavy atom. The number of hydrogen-bond acceptors (Lipinski definition) is 7. The molecule has 0 radical (unpaired) electrons. The second-order valence-corrected chi connectivity index (χ2v) is 7.89. The number of amides is 1. The molecule has 0 unspecified atom stereocenters. The molecule has 4 N–H and O–H groups in total. The number of benzene rings is 3. The number of ether oxygens (including phenoxy) is 1. The maximum absolute atomic E-state index is 12.5. The van der Waals surface area contributed by atoms with Crippen LogP contribution < -0.4 is 31.5 Å². The SMILES string of the molecule is COc1cccc(CNc2c(Nc3ccc4[nH]nc(NC(=O)c5ccccc5)c4c3)c(=O)c2=O)c1. The third-order valence-electron chi connectivity index (χ3n) is 5.61. The molecule has 0 spiro atoms. The van der Waals surface area contributed by atoms with Gasteiger partial charge in [0.2, 0.25) is 0 Å². The fraction of sp³-hybridized carbons (Fsp3) is 0.0769. The number of fused-ring (bicyclic) bond motifs is 1. The van der Waals surface area contributed by atoms with Crippen LogP contribution in [-0.4, -0.2) is 23.2 Å². The van der Waals surface area contributed by atoms with Gasteiger partial charge in [-0.25, -0.2) is 0 Å². The van der Waals surface area contributed by atoms with Crippen molar-refractivity contribution in [2.45, 2.75) is 6.54 Å². The number of rotatable bonds is 8. The molecule has 0 aliphatic heterocycles. The third kappa shape index (κ3) is 4.34. The van der Waals surface area contributed by atoms with Gasteiger partial charge in [0, 0.05) is 23.2 Å². The molecule has 0 aliphatic carbocycles. The maximum Gasteiger partial charge on any atom is 0.256 e. The number of aromatic nitrogens is 2. The highest BCUT2D eigenvalue weighted by Gasteiger charge is 2.21. The molecule has 0 saturated carbocycles. The van der Waals surface area contributed by atoms with Gasteiger partial charge in [-0.3, -0.25) is 19.5 Å². The zero-order valence-electron chi connectivity index (χ0n) is 18.7. The highest BCUT2D eigenvalue weighted by molar-refractivity contribution is 6.08. The summed E-state index contributed by atoms with van der Waals surface area (Å²) in [6, 6.07) is 21.5. The molecule has 0 saturated heterocycles. The summed E-state index contributed by atoms with van der Waals surface area (Å²) in [5, 5.41) is 16.6. The molecule has 35 heavy (non-hydrogen) atoms. The van der Waals surface area contributed by atoms with Crippen LogP contribution in [0.25, 0.3) is 10.9 Å². The van der Waals surface area contributed by atoms with E-state index >= 15 is 0 Å². The minimum absolute atomic E-state index is 0.190. The van der Waals surface area contributed by atoms with Crippen molar-refractivity contribution in [1.29, 1.82) is 0 Å². The number of carbonyl (C=O) groups is 1. The Morgan fingerprint density at radius 2 is 1.74 bits per heavy atom. The molecule has 1 amide bonds. The van der Waals surface area contributed by atoms with Crippen molar-refractivity contribution in [2.24, 2.45) is 0 Å². The van der Waals surface area contributed by atoms with Gasteiger partial charge in [-0.15, -0.1) is 0 Å². The molecular formula is C26H21N5O4.